The van der Waals surface area contributed by atoms with Gasteiger partial charge in [0.1, 0.15) is 0 Å². The highest BCUT2D eigenvalue weighted by Gasteiger charge is 2.18. The van der Waals surface area contributed by atoms with Crippen molar-refractivity contribution in [3.8, 4) is 0 Å². The van der Waals surface area contributed by atoms with Crippen molar-refractivity contribution in [3.63, 3.8) is 0 Å². The minimum absolute atomic E-state index is 0.0529. The van der Waals surface area contributed by atoms with Crippen LogP contribution in [-0.2, 0) is 6.54 Å². The van der Waals surface area contributed by atoms with Gasteiger partial charge in [0.15, 0.2) is 0 Å². The standard InChI is InChI=1S/C14H21BrN2O2/c1-10(2)17(9-11(3)18)14(19)16-8-12-5-4-6-13(15)7-12/h4-7,10-11,18H,8-9H2,1-3H3,(H,16,19). The first kappa shape index (κ1) is 16.0. The number of aliphatic hydroxyl groups is 1. The Kier molecular flexibility index (Phi) is 6.31. The van der Waals surface area contributed by atoms with E-state index in [1.54, 1.807) is 11.8 Å². The molecule has 0 saturated carbocycles. The summed E-state index contributed by atoms with van der Waals surface area (Å²) in [4.78, 5) is 13.7. The molecule has 0 radical (unpaired) electrons. The third-order valence-corrected chi connectivity index (χ3v) is 3.17. The maximum Gasteiger partial charge on any atom is 0.317 e. The van der Waals surface area contributed by atoms with Crippen LogP contribution in [0.2, 0.25) is 0 Å². The van der Waals surface area contributed by atoms with Crippen LogP contribution in [0.3, 0.4) is 0 Å². The molecule has 5 heteroatoms. The molecule has 0 spiro atoms. The number of benzene rings is 1. The molecule has 1 rings (SSSR count). The Bertz CT molecular complexity index is 422. The highest BCUT2D eigenvalue weighted by atomic mass is 79.9. The Labute approximate surface area is 122 Å². The molecule has 1 aromatic rings. The molecule has 19 heavy (non-hydrogen) atoms. The molecule has 0 saturated heterocycles. The third kappa shape index (κ3) is 5.61. The molecule has 2 N–H and O–H groups in total. The van der Waals surface area contributed by atoms with Crippen molar-refractivity contribution < 1.29 is 9.90 Å². The molecule has 0 bridgehead atoms. The molecular weight excluding hydrogens is 308 g/mol. The first-order valence-corrected chi connectivity index (χ1v) is 7.16. The summed E-state index contributed by atoms with van der Waals surface area (Å²) in [6.45, 7) is 6.35. The number of urea groups is 1. The van der Waals surface area contributed by atoms with Crippen LogP contribution in [0.15, 0.2) is 28.7 Å². The van der Waals surface area contributed by atoms with Crippen molar-refractivity contribution in [2.24, 2.45) is 0 Å². The molecule has 0 aromatic heterocycles. The van der Waals surface area contributed by atoms with E-state index in [4.69, 9.17) is 0 Å². The second-order valence-corrected chi connectivity index (χ2v) is 5.80. The van der Waals surface area contributed by atoms with E-state index < -0.39 is 6.10 Å². The number of nitrogens with zero attached hydrogens (tertiary/aromatic N) is 1. The highest BCUT2D eigenvalue weighted by Crippen LogP contribution is 2.11. The molecule has 0 aliphatic rings. The first-order valence-electron chi connectivity index (χ1n) is 6.37. The molecule has 106 valence electrons. The Balaban J connectivity index is 2.57. The van der Waals surface area contributed by atoms with Crippen LogP contribution < -0.4 is 5.32 Å². The predicted octanol–water partition coefficient (Wildman–Crippen LogP) is 2.75. The van der Waals surface area contributed by atoms with Crippen LogP contribution in [0.1, 0.15) is 26.3 Å². The quantitative estimate of drug-likeness (QED) is 0.873. The number of aliphatic hydroxyl groups excluding tert-OH is 1. The number of hydrogen-bond donors (Lipinski definition) is 2. The normalized spacial score (nSPS) is 12.3. The van der Waals surface area contributed by atoms with E-state index in [0.717, 1.165) is 10.0 Å². The Morgan fingerprint density at radius 3 is 2.63 bits per heavy atom. The molecule has 0 aliphatic heterocycles. The summed E-state index contributed by atoms with van der Waals surface area (Å²) in [6.07, 6.45) is -0.529. The second-order valence-electron chi connectivity index (χ2n) is 4.88. The topological polar surface area (TPSA) is 52.6 Å². The Hall–Kier alpha value is -1.07. The van der Waals surface area contributed by atoms with Crippen molar-refractivity contribution in [1.29, 1.82) is 0 Å². The van der Waals surface area contributed by atoms with Gasteiger partial charge in [-0.25, -0.2) is 4.79 Å². The van der Waals surface area contributed by atoms with Crippen LogP contribution in [0.4, 0.5) is 4.79 Å². The lowest BCUT2D eigenvalue weighted by atomic mass is 10.2. The van der Waals surface area contributed by atoms with Gasteiger partial charge in [-0.3, -0.25) is 0 Å². The molecule has 4 nitrogen and oxygen atoms in total. The monoisotopic (exact) mass is 328 g/mol. The van der Waals surface area contributed by atoms with E-state index in [-0.39, 0.29) is 12.1 Å². The van der Waals surface area contributed by atoms with Gasteiger partial charge in [-0.2, -0.15) is 0 Å². The summed E-state index contributed by atoms with van der Waals surface area (Å²) in [5.74, 6) is 0. The van der Waals surface area contributed by atoms with Gasteiger partial charge >= 0.3 is 6.03 Å². The minimum Gasteiger partial charge on any atom is -0.392 e. The van der Waals surface area contributed by atoms with Crippen LogP contribution in [0.25, 0.3) is 0 Å². The van der Waals surface area contributed by atoms with Gasteiger partial charge in [0.2, 0.25) is 0 Å². The zero-order valence-electron chi connectivity index (χ0n) is 11.6. The third-order valence-electron chi connectivity index (χ3n) is 2.68. The summed E-state index contributed by atoms with van der Waals surface area (Å²) in [5, 5.41) is 12.3. The van der Waals surface area contributed by atoms with E-state index in [2.05, 4.69) is 21.2 Å². The zero-order valence-corrected chi connectivity index (χ0v) is 13.1. The maximum absolute atomic E-state index is 12.1. The van der Waals surface area contributed by atoms with Gasteiger partial charge in [-0.05, 0) is 38.5 Å². The Morgan fingerprint density at radius 2 is 2.11 bits per heavy atom. The van der Waals surface area contributed by atoms with E-state index in [9.17, 15) is 9.90 Å². The fourth-order valence-corrected chi connectivity index (χ4v) is 2.19. The number of carbonyl (C=O) groups excluding carboxylic acids is 1. The first-order chi connectivity index (χ1) is 8.90. The lowest BCUT2D eigenvalue weighted by molar-refractivity contribution is 0.119. The summed E-state index contributed by atoms with van der Waals surface area (Å²) >= 11 is 3.40. The van der Waals surface area contributed by atoms with Crippen molar-refractivity contribution in [1.82, 2.24) is 10.2 Å². The number of amides is 2. The van der Waals surface area contributed by atoms with Crippen LogP contribution in [0, 0.1) is 0 Å². The van der Waals surface area contributed by atoms with Crippen molar-refractivity contribution in [2.45, 2.75) is 39.5 Å². The van der Waals surface area contributed by atoms with Gasteiger partial charge < -0.3 is 15.3 Å². The zero-order chi connectivity index (χ0) is 14.4. The molecule has 2 amide bonds. The number of hydrogen-bond acceptors (Lipinski definition) is 2. The maximum atomic E-state index is 12.1. The van der Waals surface area contributed by atoms with Crippen LogP contribution >= 0.6 is 15.9 Å². The summed E-state index contributed by atoms with van der Waals surface area (Å²) in [6, 6.07) is 7.70. The molecule has 1 aromatic carbocycles. The molecule has 1 atom stereocenters. The fraction of sp³-hybridized carbons (Fsp3) is 0.500. The largest absolute Gasteiger partial charge is 0.392 e. The Morgan fingerprint density at radius 1 is 1.42 bits per heavy atom. The SMILES string of the molecule is CC(O)CN(C(=O)NCc1cccc(Br)c1)C(C)C. The summed E-state index contributed by atoms with van der Waals surface area (Å²) < 4.78 is 0.990. The number of halogens is 1. The van der Waals surface area contributed by atoms with E-state index in [0.29, 0.717) is 13.1 Å². The fourth-order valence-electron chi connectivity index (χ4n) is 1.74. The average Bonchev–Trinajstić information content (AvgIpc) is 2.32. The molecular formula is C14H21BrN2O2. The molecule has 1 unspecified atom stereocenters. The minimum atomic E-state index is -0.529. The smallest absolute Gasteiger partial charge is 0.317 e. The van der Waals surface area contributed by atoms with Gasteiger partial charge in [0.05, 0.1) is 6.10 Å². The van der Waals surface area contributed by atoms with Gasteiger partial charge in [-0.15, -0.1) is 0 Å². The van der Waals surface area contributed by atoms with Gasteiger partial charge in [0.25, 0.3) is 0 Å². The number of rotatable bonds is 5. The average molecular weight is 329 g/mol. The van der Waals surface area contributed by atoms with Crippen molar-refractivity contribution in [2.75, 3.05) is 6.54 Å². The van der Waals surface area contributed by atoms with Crippen LogP contribution in [-0.4, -0.2) is 34.7 Å². The summed E-state index contributed by atoms with van der Waals surface area (Å²) in [5.41, 5.74) is 1.03. The highest BCUT2D eigenvalue weighted by molar-refractivity contribution is 9.10. The van der Waals surface area contributed by atoms with E-state index >= 15 is 0 Å². The van der Waals surface area contributed by atoms with Crippen molar-refractivity contribution in [3.05, 3.63) is 34.3 Å². The lowest BCUT2D eigenvalue weighted by Crippen LogP contribution is -2.46. The molecule has 0 aliphatic carbocycles. The van der Waals surface area contributed by atoms with E-state index in [1.807, 2.05) is 38.1 Å². The van der Waals surface area contributed by atoms with Crippen LogP contribution in [0.5, 0.6) is 0 Å². The number of carbonyl (C=O) groups is 1. The van der Waals surface area contributed by atoms with E-state index in [1.165, 1.54) is 0 Å². The van der Waals surface area contributed by atoms with Gasteiger partial charge in [0, 0.05) is 23.6 Å². The predicted molar refractivity (Wildman–Crippen MR) is 79.9 cm³/mol. The summed E-state index contributed by atoms with van der Waals surface area (Å²) in [7, 11) is 0. The van der Waals surface area contributed by atoms with Crippen molar-refractivity contribution >= 4 is 22.0 Å². The lowest BCUT2D eigenvalue weighted by Gasteiger charge is -2.28. The number of nitrogens with one attached hydrogen (secondary N) is 1. The second kappa shape index (κ2) is 7.50. The van der Waals surface area contributed by atoms with Gasteiger partial charge in [-0.1, -0.05) is 28.1 Å². The molecule has 0 fully saturated rings. The molecule has 0 heterocycles.